The van der Waals surface area contributed by atoms with Gasteiger partial charge in [-0.15, -0.1) is 11.8 Å². The van der Waals surface area contributed by atoms with Crippen LogP contribution in [0.5, 0.6) is 0 Å². The van der Waals surface area contributed by atoms with Gasteiger partial charge in [0.05, 0.1) is 18.2 Å². The third-order valence-corrected chi connectivity index (χ3v) is 6.39. The van der Waals surface area contributed by atoms with Crippen LogP contribution < -0.4 is 10.6 Å². The molecule has 4 rings (SSSR count). The van der Waals surface area contributed by atoms with Crippen molar-refractivity contribution < 1.29 is 4.79 Å². The predicted molar refractivity (Wildman–Crippen MR) is 100.0 cm³/mol. The molecule has 132 valence electrons. The predicted octanol–water partition coefficient (Wildman–Crippen LogP) is 2.73. The van der Waals surface area contributed by atoms with E-state index >= 15 is 0 Å². The Hall–Kier alpha value is -1.50. The highest BCUT2D eigenvalue weighted by molar-refractivity contribution is 7.99. The lowest BCUT2D eigenvalue weighted by Crippen LogP contribution is -2.38. The number of thioether (sulfide) groups is 1. The van der Waals surface area contributed by atoms with Gasteiger partial charge in [0.2, 0.25) is 5.91 Å². The molecule has 3 heterocycles. The minimum absolute atomic E-state index is 0.0394. The van der Waals surface area contributed by atoms with Crippen molar-refractivity contribution in [2.45, 2.75) is 23.3 Å². The van der Waals surface area contributed by atoms with E-state index in [0.29, 0.717) is 6.54 Å². The highest BCUT2D eigenvalue weighted by Gasteiger charge is 2.36. The van der Waals surface area contributed by atoms with Gasteiger partial charge in [-0.3, -0.25) is 9.48 Å². The number of amides is 1. The standard InChI is InChI=1S/C18H21ClN4OS/c1-23-10-11(7-21-23)14-8-20-9-15(14)18(24)22-16-4-5-25-17-3-2-12(19)6-13(16)17/h2-3,6-7,10,14-16,20H,4-5,8-9H2,1H3,(H,22,24)/t14-,15+,16?/m1/s1. The first-order valence-electron chi connectivity index (χ1n) is 8.53. The van der Waals surface area contributed by atoms with Crippen molar-refractivity contribution in [3.63, 3.8) is 0 Å². The number of aromatic nitrogens is 2. The first-order valence-corrected chi connectivity index (χ1v) is 9.90. The van der Waals surface area contributed by atoms with E-state index in [2.05, 4.69) is 21.8 Å². The lowest BCUT2D eigenvalue weighted by molar-refractivity contribution is -0.125. The van der Waals surface area contributed by atoms with Crippen molar-refractivity contribution in [1.29, 1.82) is 0 Å². The van der Waals surface area contributed by atoms with Crippen molar-refractivity contribution >= 4 is 29.3 Å². The molecule has 3 atom stereocenters. The van der Waals surface area contributed by atoms with E-state index in [4.69, 9.17) is 11.6 Å². The second-order valence-corrected chi connectivity index (χ2v) is 8.27. The van der Waals surface area contributed by atoms with E-state index < -0.39 is 0 Å². The summed E-state index contributed by atoms with van der Waals surface area (Å²) in [6, 6.07) is 5.99. The maximum Gasteiger partial charge on any atom is 0.225 e. The van der Waals surface area contributed by atoms with Gasteiger partial charge in [-0.1, -0.05) is 11.6 Å². The molecule has 5 nitrogen and oxygen atoms in total. The van der Waals surface area contributed by atoms with Crippen LogP contribution in [0.15, 0.2) is 35.5 Å². The summed E-state index contributed by atoms with van der Waals surface area (Å²) in [4.78, 5) is 14.2. The number of halogens is 1. The van der Waals surface area contributed by atoms with Gasteiger partial charge >= 0.3 is 0 Å². The Bertz CT molecular complexity index is 793. The minimum atomic E-state index is -0.0681. The number of benzene rings is 1. The molecule has 1 aromatic heterocycles. The highest BCUT2D eigenvalue weighted by Crippen LogP contribution is 2.38. The van der Waals surface area contributed by atoms with Crippen LogP contribution in [0.4, 0.5) is 0 Å². The molecule has 2 aliphatic rings. The van der Waals surface area contributed by atoms with Crippen LogP contribution in [0.1, 0.15) is 29.5 Å². The maximum absolute atomic E-state index is 13.0. The summed E-state index contributed by atoms with van der Waals surface area (Å²) in [6.45, 7) is 1.52. The fourth-order valence-corrected chi connectivity index (χ4v) is 5.02. The van der Waals surface area contributed by atoms with Crippen LogP contribution in [0.3, 0.4) is 0 Å². The SMILES string of the molecule is Cn1cc([C@H]2CNC[C@@H]2C(=O)NC2CCSc3ccc(Cl)cc32)cn1. The highest BCUT2D eigenvalue weighted by atomic mass is 35.5. The van der Waals surface area contributed by atoms with Gasteiger partial charge in [-0.25, -0.2) is 0 Å². The van der Waals surface area contributed by atoms with Crippen LogP contribution in [-0.4, -0.2) is 34.5 Å². The van der Waals surface area contributed by atoms with Crippen LogP contribution in [0, 0.1) is 5.92 Å². The van der Waals surface area contributed by atoms with Crippen molar-refractivity contribution in [1.82, 2.24) is 20.4 Å². The number of nitrogens with zero attached hydrogens (tertiary/aromatic N) is 2. The number of hydrogen-bond acceptors (Lipinski definition) is 4. The third-order valence-electron chi connectivity index (χ3n) is 5.03. The van der Waals surface area contributed by atoms with Gasteiger partial charge in [0.1, 0.15) is 0 Å². The first kappa shape index (κ1) is 16.9. The number of carbonyl (C=O) groups excluding carboxylic acids is 1. The molecule has 1 aromatic carbocycles. The Kier molecular flexibility index (Phi) is 4.75. The summed E-state index contributed by atoms with van der Waals surface area (Å²) >= 11 is 8.00. The average Bonchev–Trinajstić information content (AvgIpc) is 3.24. The van der Waals surface area contributed by atoms with E-state index in [9.17, 15) is 4.79 Å². The molecular formula is C18H21ClN4OS. The number of rotatable bonds is 3. The smallest absolute Gasteiger partial charge is 0.225 e. The van der Waals surface area contributed by atoms with E-state index in [0.717, 1.165) is 34.9 Å². The molecular weight excluding hydrogens is 356 g/mol. The number of carbonyl (C=O) groups is 1. The number of aryl methyl sites for hydroxylation is 1. The lowest BCUT2D eigenvalue weighted by atomic mass is 9.89. The molecule has 0 aliphatic carbocycles. The summed E-state index contributed by atoms with van der Waals surface area (Å²) in [7, 11) is 1.90. The zero-order chi connectivity index (χ0) is 17.4. The summed E-state index contributed by atoms with van der Waals surface area (Å²) in [5.41, 5.74) is 2.26. The van der Waals surface area contributed by atoms with Gasteiger partial charge in [0.15, 0.2) is 0 Å². The average molecular weight is 377 g/mol. The van der Waals surface area contributed by atoms with Crippen LogP contribution in [0.25, 0.3) is 0 Å². The van der Waals surface area contributed by atoms with Crippen molar-refractivity contribution in [3.8, 4) is 0 Å². The molecule has 1 fully saturated rings. The Morgan fingerprint density at radius 2 is 2.32 bits per heavy atom. The summed E-state index contributed by atoms with van der Waals surface area (Å²) in [6.07, 6.45) is 4.80. The van der Waals surface area contributed by atoms with Gasteiger partial charge < -0.3 is 10.6 Å². The molecule has 25 heavy (non-hydrogen) atoms. The third kappa shape index (κ3) is 3.43. The van der Waals surface area contributed by atoms with Crippen molar-refractivity contribution in [2.24, 2.45) is 13.0 Å². The van der Waals surface area contributed by atoms with Gasteiger partial charge in [0.25, 0.3) is 0 Å². The summed E-state index contributed by atoms with van der Waals surface area (Å²) < 4.78 is 1.79. The number of nitrogens with one attached hydrogen (secondary N) is 2. The maximum atomic E-state index is 13.0. The quantitative estimate of drug-likeness (QED) is 0.864. The summed E-state index contributed by atoms with van der Waals surface area (Å²) in [5, 5.41) is 11.6. The molecule has 1 saturated heterocycles. The topological polar surface area (TPSA) is 59.0 Å². The molecule has 0 spiro atoms. The fraction of sp³-hybridized carbons (Fsp3) is 0.444. The molecule has 0 saturated carbocycles. The van der Waals surface area contributed by atoms with E-state index in [-0.39, 0.29) is 23.8 Å². The largest absolute Gasteiger partial charge is 0.349 e. The Morgan fingerprint density at radius 1 is 1.44 bits per heavy atom. The van der Waals surface area contributed by atoms with Crippen molar-refractivity contribution in [3.05, 3.63) is 46.7 Å². The second kappa shape index (κ2) is 7.02. The van der Waals surface area contributed by atoms with Crippen LogP contribution >= 0.6 is 23.4 Å². The normalized spacial score (nSPS) is 25.6. The molecule has 0 bridgehead atoms. The molecule has 1 unspecified atom stereocenters. The first-order chi connectivity index (χ1) is 12.1. The second-order valence-electron chi connectivity index (χ2n) is 6.70. The Balaban J connectivity index is 1.52. The molecule has 2 aliphatic heterocycles. The Morgan fingerprint density at radius 3 is 3.12 bits per heavy atom. The summed E-state index contributed by atoms with van der Waals surface area (Å²) in [5.74, 6) is 1.22. The van der Waals surface area contributed by atoms with Gasteiger partial charge in [-0.05, 0) is 35.7 Å². The number of fused-ring (bicyclic) bond motifs is 1. The number of hydrogen-bond donors (Lipinski definition) is 2. The van der Waals surface area contributed by atoms with Gasteiger partial charge in [-0.2, -0.15) is 5.10 Å². The fourth-order valence-electron chi connectivity index (χ4n) is 3.73. The van der Waals surface area contributed by atoms with Crippen LogP contribution in [-0.2, 0) is 11.8 Å². The van der Waals surface area contributed by atoms with E-state index in [1.54, 1.807) is 4.68 Å². The molecule has 2 aromatic rings. The zero-order valence-corrected chi connectivity index (χ0v) is 15.6. The molecule has 2 N–H and O–H groups in total. The Labute approximate surface area is 156 Å². The molecule has 0 radical (unpaired) electrons. The molecule has 7 heteroatoms. The molecule has 1 amide bonds. The monoisotopic (exact) mass is 376 g/mol. The van der Waals surface area contributed by atoms with Crippen molar-refractivity contribution in [2.75, 3.05) is 18.8 Å². The van der Waals surface area contributed by atoms with Gasteiger partial charge in [0, 0.05) is 47.9 Å². The van der Waals surface area contributed by atoms with E-state index in [1.165, 1.54) is 4.90 Å². The zero-order valence-electron chi connectivity index (χ0n) is 14.0. The lowest BCUT2D eigenvalue weighted by Gasteiger charge is -2.28. The van der Waals surface area contributed by atoms with E-state index in [1.807, 2.05) is 43.3 Å². The van der Waals surface area contributed by atoms with Crippen LogP contribution in [0.2, 0.25) is 5.02 Å². The minimum Gasteiger partial charge on any atom is -0.349 e.